The van der Waals surface area contributed by atoms with E-state index in [4.69, 9.17) is 5.73 Å². The zero-order valence-corrected chi connectivity index (χ0v) is 11.1. The van der Waals surface area contributed by atoms with Gasteiger partial charge in [0.2, 0.25) is 0 Å². The van der Waals surface area contributed by atoms with Crippen LogP contribution in [0.5, 0.6) is 0 Å². The largest absolute Gasteiger partial charge is 0.384 e. The standard InChI is InChI=1S/C15H12N4O/c1-8-3-4-9(2)10(5-8)13-11(6-16)14(18)19-15(20)12(13)7-17/h3-5H,1-2H3,(H3,18,19,20). The minimum absolute atomic E-state index is 0.0209. The van der Waals surface area contributed by atoms with Crippen molar-refractivity contribution in [2.24, 2.45) is 0 Å². The molecule has 0 amide bonds. The molecule has 0 aliphatic carbocycles. The van der Waals surface area contributed by atoms with Crippen molar-refractivity contribution in [1.82, 2.24) is 4.98 Å². The Morgan fingerprint density at radius 2 is 1.80 bits per heavy atom. The Balaban J connectivity index is 3.00. The van der Waals surface area contributed by atoms with Crippen molar-refractivity contribution in [3.05, 3.63) is 50.8 Å². The molecule has 0 aliphatic heterocycles. The van der Waals surface area contributed by atoms with E-state index >= 15 is 0 Å². The van der Waals surface area contributed by atoms with Crippen LogP contribution in [0.25, 0.3) is 11.1 Å². The number of aryl methyl sites for hydroxylation is 2. The van der Waals surface area contributed by atoms with E-state index in [1.165, 1.54) is 0 Å². The summed E-state index contributed by atoms with van der Waals surface area (Å²) in [6.07, 6.45) is 0. The van der Waals surface area contributed by atoms with Crippen LogP contribution in [-0.2, 0) is 0 Å². The van der Waals surface area contributed by atoms with Gasteiger partial charge in [0.1, 0.15) is 29.1 Å². The number of nitrogens with two attached hydrogens (primary N) is 1. The lowest BCUT2D eigenvalue weighted by Crippen LogP contribution is -2.16. The fourth-order valence-corrected chi connectivity index (χ4v) is 2.12. The van der Waals surface area contributed by atoms with Gasteiger partial charge in [0.25, 0.3) is 5.56 Å². The highest BCUT2D eigenvalue weighted by Crippen LogP contribution is 2.31. The number of hydrogen-bond acceptors (Lipinski definition) is 4. The molecule has 0 atom stereocenters. The first-order valence-electron chi connectivity index (χ1n) is 5.93. The second-order valence-corrected chi connectivity index (χ2v) is 4.53. The fraction of sp³-hybridized carbons (Fsp3) is 0.133. The summed E-state index contributed by atoms with van der Waals surface area (Å²) in [5.74, 6) is -0.0209. The molecule has 98 valence electrons. The summed E-state index contributed by atoms with van der Waals surface area (Å²) in [7, 11) is 0. The van der Waals surface area contributed by atoms with Crippen molar-refractivity contribution in [3.63, 3.8) is 0 Å². The number of hydrogen-bond donors (Lipinski definition) is 2. The smallest absolute Gasteiger partial charge is 0.268 e. The fourth-order valence-electron chi connectivity index (χ4n) is 2.12. The monoisotopic (exact) mass is 264 g/mol. The number of pyridine rings is 1. The molecule has 0 radical (unpaired) electrons. The van der Waals surface area contributed by atoms with E-state index < -0.39 is 5.56 Å². The van der Waals surface area contributed by atoms with Crippen LogP contribution in [0.1, 0.15) is 22.3 Å². The quantitative estimate of drug-likeness (QED) is 0.821. The molecule has 0 spiro atoms. The highest BCUT2D eigenvalue weighted by Gasteiger charge is 2.19. The molecule has 5 nitrogen and oxygen atoms in total. The molecule has 2 aromatic rings. The molecule has 5 heteroatoms. The van der Waals surface area contributed by atoms with Gasteiger partial charge in [-0.15, -0.1) is 0 Å². The van der Waals surface area contributed by atoms with E-state index in [2.05, 4.69) is 4.98 Å². The van der Waals surface area contributed by atoms with E-state index in [0.717, 1.165) is 11.1 Å². The first-order chi connectivity index (χ1) is 9.49. The Labute approximate surface area is 115 Å². The van der Waals surface area contributed by atoms with Crippen molar-refractivity contribution in [2.45, 2.75) is 13.8 Å². The van der Waals surface area contributed by atoms with Gasteiger partial charge in [-0.25, -0.2) is 0 Å². The van der Waals surface area contributed by atoms with Gasteiger partial charge in [-0.2, -0.15) is 10.5 Å². The molecular weight excluding hydrogens is 252 g/mol. The zero-order chi connectivity index (χ0) is 14.9. The molecular formula is C15H12N4O. The number of rotatable bonds is 1. The number of nitriles is 2. The van der Waals surface area contributed by atoms with Gasteiger partial charge >= 0.3 is 0 Å². The number of benzene rings is 1. The highest BCUT2D eigenvalue weighted by atomic mass is 16.1. The Hall–Kier alpha value is -3.05. The molecule has 0 saturated carbocycles. The molecule has 2 rings (SSSR count). The molecule has 0 unspecified atom stereocenters. The molecule has 0 saturated heterocycles. The van der Waals surface area contributed by atoms with Gasteiger partial charge in [0, 0.05) is 5.56 Å². The summed E-state index contributed by atoms with van der Waals surface area (Å²) < 4.78 is 0. The number of anilines is 1. The van der Waals surface area contributed by atoms with Crippen LogP contribution >= 0.6 is 0 Å². The molecule has 0 fully saturated rings. The molecule has 3 N–H and O–H groups in total. The van der Waals surface area contributed by atoms with E-state index in [1.807, 2.05) is 44.2 Å². The summed E-state index contributed by atoms with van der Waals surface area (Å²) in [5, 5.41) is 18.5. The third kappa shape index (κ3) is 2.02. The molecule has 1 aromatic heterocycles. The highest BCUT2D eigenvalue weighted by molar-refractivity contribution is 5.82. The summed E-state index contributed by atoms with van der Waals surface area (Å²) in [6.45, 7) is 3.76. The van der Waals surface area contributed by atoms with Gasteiger partial charge in [-0.1, -0.05) is 23.8 Å². The van der Waals surface area contributed by atoms with Crippen molar-refractivity contribution < 1.29 is 0 Å². The Bertz CT molecular complexity index is 835. The molecule has 20 heavy (non-hydrogen) atoms. The van der Waals surface area contributed by atoms with Crippen LogP contribution in [0.2, 0.25) is 0 Å². The van der Waals surface area contributed by atoms with Crippen molar-refractivity contribution in [3.8, 4) is 23.3 Å². The van der Waals surface area contributed by atoms with E-state index in [0.29, 0.717) is 11.1 Å². The minimum Gasteiger partial charge on any atom is -0.384 e. The van der Waals surface area contributed by atoms with Crippen LogP contribution in [0.15, 0.2) is 23.0 Å². The second-order valence-electron chi connectivity index (χ2n) is 4.53. The molecule has 1 heterocycles. The SMILES string of the molecule is Cc1ccc(C)c(-c2c(C#N)c(N)[nH]c(=O)c2C#N)c1. The number of H-pyrrole nitrogens is 1. The van der Waals surface area contributed by atoms with E-state index in [1.54, 1.807) is 0 Å². The second kappa shape index (κ2) is 4.91. The van der Waals surface area contributed by atoms with Crippen LogP contribution in [-0.4, -0.2) is 4.98 Å². The minimum atomic E-state index is -0.583. The van der Waals surface area contributed by atoms with Gasteiger partial charge in [-0.05, 0) is 25.0 Å². The van der Waals surface area contributed by atoms with E-state index in [-0.39, 0.29) is 16.9 Å². The van der Waals surface area contributed by atoms with Gasteiger partial charge in [0.05, 0.1) is 0 Å². The normalized spacial score (nSPS) is 9.80. The molecule has 1 aromatic carbocycles. The first kappa shape index (κ1) is 13.4. The maximum absolute atomic E-state index is 11.9. The predicted molar refractivity (Wildman–Crippen MR) is 75.8 cm³/mol. The molecule has 0 aliphatic rings. The average molecular weight is 264 g/mol. The third-order valence-corrected chi connectivity index (χ3v) is 3.13. The number of aromatic amines is 1. The van der Waals surface area contributed by atoms with Crippen LogP contribution in [0, 0.1) is 36.5 Å². The lowest BCUT2D eigenvalue weighted by atomic mass is 9.92. The maximum atomic E-state index is 11.9. The summed E-state index contributed by atoms with van der Waals surface area (Å²) in [4.78, 5) is 14.2. The summed E-state index contributed by atoms with van der Waals surface area (Å²) in [5.41, 5.74) is 7.96. The number of aromatic nitrogens is 1. The van der Waals surface area contributed by atoms with Gasteiger partial charge < -0.3 is 10.7 Å². The van der Waals surface area contributed by atoms with Gasteiger partial charge in [-0.3, -0.25) is 4.79 Å². The Morgan fingerprint density at radius 1 is 1.15 bits per heavy atom. The topological polar surface area (TPSA) is 106 Å². The molecule has 0 bridgehead atoms. The Morgan fingerprint density at radius 3 is 2.40 bits per heavy atom. The van der Waals surface area contributed by atoms with Crippen molar-refractivity contribution in [2.75, 3.05) is 5.73 Å². The third-order valence-electron chi connectivity index (χ3n) is 3.13. The predicted octanol–water partition coefficient (Wildman–Crippen LogP) is 1.98. The number of nitrogens with one attached hydrogen (secondary N) is 1. The zero-order valence-electron chi connectivity index (χ0n) is 11.1. The van der Waals surface area contributed by atoms with Crippen LogP contribution in [0.3, 0.4) is 0 Å². The Kier molecular flexibility index (Phi) is 3.28. The van der Waals surface area contributed by atoms with Crippen LogP contribution < -0.4 is 11.3 Å². The van der Waals surface area contributed by atoms with Crippen LogP contribution in [0.4, 0.5) is 5.82 Å². The lowest BCUT2D eigenvalue weighted by molar-refractivity contribution is 1.21. The average Bonchev–Trinajstić information content (AvgIpc) is 2.41. The first-order valence-corrected chi connectivity index (χ1v) is 5.93. The van der Waals surface area contributed by atoms with Crippen molar-refractivity contribution >= 4 is 5.82 Å². The van der Waals surface area contributed by atoms with Gasteiger partial charge in [0.15, 0.2) is 0 Å². The lowest BCUT2D eigenvalue weighted by Gasteiger charge is -2.12. The summed E-state index contributed by atoms with van der Waals surface area (Å²) in [6, 6.07) is 9.47. The maximum Gasteiger partial charge on any atom is 0.268 e. The number of nitrogen functional groups attached to an aromatic ring is 1. The summed E-state index contributed by atoms with van der Waals surface area (Å²) >= 11 is 0. The van der Waals surface area contributed by atoms with Crippen molar-refractivity contribution in [1.29, 1.82) is 10.5 Å². The van der Waals surface area contributed by atoms with E-state index in [9.17, 15) is 15.3 Å². The number of nitrogens with zero attached hydrogens (tertiary/aromatic N) is 2.